The molecule has 0 unspecified atom stereocenters. The zero-order chi connectivity index (χ0) is 12.8. The van der Waals surface area contributed by atoms with Crippen molar-refractivity contribution in [3.63, 3.8) is 0 Å². The molecular weight excluding hydrogens is 214 g/mol. The maximum absolute atomic E-state index is 11.4. The Hall–Kier alpha value is -1.51. The van der Waals surface area contributed by atoms with E-state index in [0.29, 0.717) is 29.5 Å². The van der Waals surface area contributed by atoms with Crippen LogP contribution in [0.4, 0.5) is 5.69 Å². The fourth-order valence-electron chi connectivity index (χ4n) is 1.62. The van der Waals surface area contributed by atoms with Gasteiger partial charge in [-0.3, -0.25) is 4.79 Å². The molecule has 2 N–H and O–H groups in total. The van der Waals surface area contributed by atoms with Crippen LogP contribution < -0.4 is 10.5 Å². The van der Waals surface area contributed by atoms with Gasteiger partial charge in [0.25, 0.3) is 0 Å². The SMILES string of the molecule is CC(=O)c1cc(N)ccc1OCCCC(C)C. The van der Waals surface area contributed by atoms with E-state index in [1.165, 1.54) is 6.92 Å². The fourth-order valence-corrected chi connectivity index (χ4v) is 1.62. The Bertz CT molecular complexity index is 386. The molecule has 3 heteroatoms. The van der Waals surface area contributed by atoms with E-state index in [9.17, 15) is 4.79 Å². The van der Waals surface area contributed by atoms with Crippen LogP contribution in [0.2, 0.25) is 0 Å². The normalized spacial score (nSPS) is 10.6. The fraction of sp³-hybridized carbons (Fsp3) is 0.500. The minimum absolute atomic E-state index is 0.0174. The number of carbonyl (C=O) groups excluding carboxylic acids is 1. The van der Waals surface area contributed by atoms with Crippen LogP contribution >= 0.6 is 0 Å². The summed E-state index contributed by atoms with van der Waals surface area (Å²) in [4.78, 5) is 11.4. The number of hydrogen-bond acceptors (Lipinski definition) is 3. The van der Waals surface area contributed by atoms with Crippen molar-refractivity contribution in [1.29, 1.82) is 0 Å². The van der Waals surface area contributed by atoms with Crippen LogP contribution in [0.25, 0.3) is 0 Å². The van der Waals surface area contributed by atoms with Gasteiger partial charge in [0.05, 0.1) is 12.2 Å². The zero-order valence-electron chi connectivity index (χ0n) is 10.8. The Labute approximate surface area is 103 Å². The largest absolute Gasteiger partial charge is 0.493 e. The van der Waals surface area contributed by atoms with Crippen molar-refractivity contribution in [2.24, 2.45) is 5.92 Å². The molecule has 0 saturated heterocycles. The van der Waals surface area contributed by atoms with Crippen molar-refractivity contribution in [2.75, 3.05) is 12.3 Å². The van der Waals surface area contributed by atoms with Crippen molar-refractivity contribution in [3.8, 4) is 5.75 Å². The Morgan fingerprint density at radius 1 is 1.41 bits per heavy atom. The Morgan fingerprint density at radius 3 is 2.71 bits per heavy atom. The molecule has 1 aromatic rings. The van der Waals surface area contributed by atoms with E-state index in [0.717, 1.165) is 12.8 Å². The molecule has 17 heavy (non-hydrogen) atoms. The van der Waals surface area contributed by atoms with Crippen LogP contribution in [-0.4, -0.2) is 12.4 Å². The van der Waals surface area contributed by atoms with Crippen molar-refractivity contribution in [3.05, 3.63) is 23.8 Å². The highest BCUT2D eigenvalue weighted by molar-refractivity contribution is 5.97. The number of hydrogen-bond donors (Lipinski definition) is 1. The van der Waals surface area contributed by atoms with Gasteiger partial charge in [0.15, 0.2) is 5.78 Å². The smallest absolute Gasteiger partial charge is 0.163 e. The molecule has 0 radical (unpaired) electrons. The number of carbonyl (C=O) groups is 1. The zero-order valence-corrected chi connectivity index (χ0v) is 10.8. The lowest BCUT2D eigenvalue weighted by Crippen LogP contribution is -2.04. The lowest BCUT2D eigenvalue weighted by molar-refractivity contribution is 0.101. The highest BCUT2D eigenvalue weighted by Gasteiger charge is 2.08. The second kappa shape index (κ2) is 6.28. The van der Waals surface area contributed by atoms with Gasteiger partial charge in [0.2, 0.25) is 0 Å². The molecule has 0 amide bonds. The summed E-state index contributed by atoms with van der Waals surface area (Å²) in [5.41, 5.74) is 6.80. The molecule has 1 rings (SSSR count). The van der Waals surface area contributed by atoms with E-state index in [4.69, 9.17) is 10.5 Å². The van der Waals surface area contributed by atoms with Gasteiger partial charge in [-0.15, -0.1) is 0 Å². The molecule has 0 spiro atoms. The molecule has 3 nitrogen and oxygen atoms in total. The van der Waals surface area contributed by atoms with Gasteiger partial charge in [-0.25, -0.2) is 0 Å². The predicted octanol–water partition coefficient (Wildman–Crippen LogP) is 3.29. The van der Waals surface area contributed by atoms with Gasteiger partial charge >= 0.3 is 0 Å². The first-order chi connectivity index (χ1) is 8.00. The number of anilines is 1. The monoisotopic (exact) mass is 235 g/mol. The van der Waals surface area contributed by atoms with Crippen LogP contribution in [0, 0.1) is 5.92 Å². The molecule has 0 aromatic heterocycles. The van der Waals surface area contributed by atoms with Gasteiger partial charge in [-0.2, -0.15) is 0 Å². The van der Waals surface area contributed by atoms with Gasteiger partial charge in [0, 0.05) is 5.69 Å². The molecule has 0 atom stereocenters. The van der Waals surface area contributed by atoms with E-state index >= 15 is 0 Å². The van der Waals surface area contributed by atoms with E-state index in [-0.39, 0.29) is 5.78 Å². The molecule has 0 aliphatic rings. The third-order valence-electron chi connectivity index (χ3n) is 2.57. The second-order valence-corrected chi connectivity index (χ2v) is 4.70. The summed E-state index contributed by atoms with van der Waals surface area (Å²) < 4.78 is 5.63. The number of ketones is 1. The second-order valence-electron chi connectivity index (χ2n) is 4.70. The number of benzene rings is 1. The molecule has 0 aliphatic carbocycles. The maximum atomic E-state index is 11.4. The summed E-state index contributed by atoms with van der Waals surface area (Å²) in [6.07, 6.45) is 2.13. The average molecular weight is 235 g/mol. The summed E-state index contributed by atoms with van der Waals surface area (Å²) in [6.45, 7) is 6.53. The number of nitrogen functional groups attached to an aromatic ring is 1. The van der Waals surface area contributed by atoms with Crippen LogP contribution in [0.5, 0.6) is 5.75 Å². The summed E-state index contributed by atoms with van der Waals surface area (Å²) in [7, 11) is 0. The quantitative estimate of drug-likeness (QED) is 0.467. The Morgan fingerprint density at radius 2 is 2.12 bits per heavy atom. The first-order valence-electron chi connectivity index (χ1n) is 6.04. The van der Waals surface area contributed by atoms with E-state index in [2.05, 4.69) is 13.8 Å². The minimum atomic E-state index is -0.0174. The van der Waals surface area contributed by atoms with Crippen LogP contribution in [0.3, 0.4) is 0 Å². The van der Waals surface area contributed by atoms with E-state index in [1.54, 1.807) is 18.2 Å². The van der Waals surface area contributed by atoms with Crippen molar-refractivity contribution < 1.29 is 9.53 Å². The minimum Gasteiger partial charge on any atom is -0.493 e. The molecule has 0 bridgehead atoms. The summed E-state index contributed by atoms with van der Waals surface area (Å²) in [6, 6.07) is 5.19. The number of Topliss-reactive ketones (excluding diaryl/α,β-unsaturated/α-hetero) is 1. The van der Waals surface area contributed by atoms with Gasteiger partial charge in [0.1, 0.15) is 5.75 Å². The standard InChI is InChI=1S/C14H21NO2/c1-10(2)5-4-8-17-14-7-6-12(15)9-13(14)11(3)16/h6-7,9-10H,4-5,8,15H2,1-3H3. The van der Waals surface area contributed by atoms with Gasteiger partial charge in [-0.1, -0.05) is 13.8 Å². The average Bonchev–Trinajstić information content (AvgIpc) is 2.25. The summed E-state index contributed by atoms with van der Waals surface area (Å²) in [5.74, 6) is 1.30. The van der Waals surface area contributed by atoms with E-state index < -0.39 is 0 Å². The molecule has 0 heterocycles. The maximum Gasteiger partial charge on any atom is 0.163 e. The topological polar surface area (TPSA) is 52.3 Å². The van der Waals surface area contributed by atoms with Crippen LogP contribution in [0.15, 0.2) is 18.2 Å². The van der Waals surface area contributed by atoms with Crippen molar-refractivity contribution in [1.82, 2.24) is 0 Å². The highest BCUT2D eigenvalue weighted by atomic mass is 16.5. The van der Waals surface area contributed by atoms with Gasteiger partial charge in [-0.05, 0) is 43.9 Å². The highest BCUT2D eigenvalue weighted by Crippen LogP contribution is 2.22. The molecule has 0 fully saturated rings. The van der Waals surface area contributed by atoms with Crippen molar-refractivity contribution in [2.45, 2.75) is 33.6 Å². The Balaban J connectivity index is 2.61. The summed E-state index contributed by atoms with van der Waals surface area (Å²) >= 11 is 0. The van der Waals surface area contributed by atoms with Crippen LogP contribution in [0.1, 0.15) is 44.0 Å². The van der Waals surface area contributed by atoms with E-state index in [1.807, 2.05) is 0 Å². The summed E-state index contributed by atoms with van der Waals surface area (Å²) in [5, 5.41) is 0. The van der Waals surface area contributed by atoms with Crippen molar-refractivity contribution >= 4 is 11.5 Å². The van der Waals surface area contributed by atoms with Crippen LogP contribution in [-0.2, 0) is 0 Å². The third-order valence-corrected chi connectivity index (χ3v) is 2.57. The molecule has 1 aromatic carbocycles. The Kier molecular flexibility index (Phi) is 5.01. The molecular formula is C14H21NO2. The van der Waals surface area contributed by atoms with Gasteiger partial charge < -0.3 is 10.5 Å². The number of ether oxygens (including phenoxy) is 1. The first kappa shape index (κ1) is 13.6. The first-order valence-corrected chi connectivity index (χ1v) is 6.04. The number of nitrogens with two attached hydrogens (primary N) is 1. The number of rotatable bonds is 6. The molecule has 0 saturated carbocycles. The molecule has 0 aliphatic heterocycles. The lowest BCUT2D eigenvalue weighted by atomic mass is 10.1. The molecule has 94 valence electrons. The third kappa shape index (κ3) is 4.47. The predicted molar refractivity (Wildman–Crippen MR) is 70.4 cm³/mol. The lowest BCUT2D eigenvalue weighted by Gasteiger charge is -2.11.